The molecule has 0 atom stereocenters. The fourth-order valence-corrected chi connectivity index (χ4v) is 8.48. The Labute approximate surface area is 287 Å². The number of aromatic nitrogens is 2. The highest BCUT2D eigenvalue weighted by Crippen LogP contribution is 2.41. The molecule has 3 heteroatoms. The minimum Gasteiger partial charge on any atom is -0.228 e. The van der Waals surface area contributed by atoms with Crippen molar-refractivity contribution in [1.29, 1.82) is 0 Å². The van der Waals surface area contributed by atoms with Gasteiger partial charge in [0, 0.05) is 36.9 Å². The zero-order valence-corrected chi connectivity index (χ0v) is 27.3. The van der Waals surface area contributed by atoms with Gasteiger partial charge in [-0.05, 0) is 67.7 Å². The second-order valence-corrected chi connectivity index (χ2v) is 13.6. The molecule has 8 aromatic carbocycles. The molecule has 2 aromatic heterocycles. The molecule has 0 radical (unpaired) electrons. The highest BCUT2D eigenvalue weighted by atomic mass is 32.1. The van der Waals surface area contributed by atoms with Crippen molar-refractivity contribution in [2.75, 3.05) is 0 Å². The molecule has 0 fully saturated rings. The lowest BCUT2D eigenvalue weighted by atomic mass is 9.93. The fraction of sp³-hybridized carbons (Fsp3) is 0. The highest BCUT2D eigenvalue weighted by molar-refractivity contribution is 7.26. The van der Waals surface area contributed by atoms with E-state index in [-0.39, 0.29) is 0 Å². The van der Waals surface area contributed by atoms with E-state index in [0.29, 0.717) is 0 Å². The van der Waals surface area contributed by atoms with E-state index < -0.39 is 0 Å². The molecule has 228 valence electrons. The van der Waals surface area contributed by atoms with Gasteiger partial charge in [0.2, 0.25) is 0 Å². The van der Waals surface area contributed by atoms with Gasteiger partial charge in [0.25, 0.3) is 0 Å². The molecule has 0 saturated heterocycles. The summed E-state index contributed by atoms with van der Waals surface area (Å²) in [6.07, 6.45) is 0. The fourth-order valence-electron chi connectivity index (χ4n) is 7.25. The summed E-state index contributed by atoms with van der Waals surface area (Å²) in [4.78, 5) is 10.3. The number of hydrogen-bond donors (Lipinski definition) is 0. The molecule has 2 heterocycles. The Morgan fingerprint density at radius 2 is 1.02 bits per heavy atom. The van der Waals surface area contributed by atoms with Gasteiger partial charge >= 0.3 is 0 Å². The quantitative estimate of drug-likeness (QED) is 0.141. The van der Waals surface area contributed by atoms with E-state index in [4.69, 9.17) is 9.97 Å². The monoisotopic (exact) mass is 640 g/mol. The standard InChI is InChI=1S/C46H28N2S/c1-2-10-31(11-3-1)46-47-42(28-43(48-46)40-18-9-17-39-38-14-6-7-19-44(38)49-45(39)40)30-22-20-29(21-23-30)35-15-8-16-36-37(35)25-24-34-26-32-12-4-5-13-33(32)27-41(34)36/h1-28H. The number of fused-ring (bicyclic) bond motifs is 7. The molecule has 10 rings (SSSR count). The van der Waals surface area contributed by atoms with Gasteiger partial charge in [0.15, 0.2) is 5.82 Å². The van der Waals surface area contributed by atoms with Crippen LogP contribution in [0, 0.1) is 0 Å². The summed E-state index contributed by atoms with van der Waals surface area (Å²) in [6, 6.07) is 60.9. The van der Waals surface area contributed by atoms with Crippen LogP contribution in [-0.2, 0) is 0 Å². The minimum atomic E-state index is 0.726. The van der Waals surface area contributed by atoms with Crippen LogP contribution in [0.3, 0.4) is 0 Å². The second kappa shape index (κ2) is 11.2. The van der Waals surface area contributed by atoms with Crippen molar-refractivity contribution in [1.82, 2.24) is 9.97 Å². The van der Waals surface area contributed by atoms with Gasteiger partial charge < -0.3 is 0 Å². The summed E-state index contributed by atoms with van der Waals surface area (Å²) in [5.41, 5.74) is 7.44. The lowest BCUT2D eigenvalue weighted by Gasteiger charge is -2.12. The van der Waals surface area contributed by atoms with Gasteiger partial charge in [-0.15, -0.1) is 11.3 Å². The Balaban J connectivity index is 1.10. The van der Waals surface area contributed by atoms with Crippen molar-refractivity contribution in [2.45, 2.75) is 0 Å². The van der Waals surface area contributed by atoms with E-state index in [2.05, 4.69) is 152 Å². The van der Waals surface area contributed by atoms with Crippen molar-refractivity contribution >= 4 is 63.8 Å². The Hall–Kier alpha value is -6.16. The van der Waals surface area contributed by atoms with Crippen LogP contribution in [0.5, 0.6) is 0 Å². The summed E-state index contributed by atoms with van der Waals surface area (Å²) in [6.45, 7) is 0. The Morgan fingerprint density at radius 1 is 0.347 bits per heavy atom. The molecule has 0 aliphatic heterocycles. The predicted molar refractivity (Wildman–Crippen MR) is 209 cm³/mol. The van der Waals surface area contributed by atoms with E-state index in [1.165, 1.54) is 63.6 Å². The van der Waals surface area contributed by atoms with Crippen LogP contribution in [0.1, 0.15) is 0 Å². The summed E-state index contributed by atoms with van der Waals surface area (Å²) in [7, 11) is 0. The molecule has 0 spiro atoms. The molecule has 0 aliphatic carbocycles. The van der Waals surface area contributed by atoms with Crippen LogP contribution >= 0.6 is 11.3 Å². The number of benzene rings is 8. The minimum absolute atomic E-state index is 0.726. The molecule has 10 aromatic rings. The van der Waals surface area contributed by atoms with Crippen LogP contribution in [-0.4, -0.2) is 9.97 Å². The zero-order valence-electron chi connectivity index (χ0n) is 26.5. The van der Waals surface area contributed by atoms with E-state index >= 15 is 0 Å². The third kappa shape index (κ3) is 4.70. The van der Waals surface area contributed by atoms with Gasteiger partial charge in [-0.2, -0.15) is 0 Å². The summed E-state index contributed by atoms with van der Waals surface area (Å²) < 4.78 is 2.53. The maximum atomic E-state index is 5.16. The van der Waals surface area contributed by atoms with Gasteiger partial charge in [-0.1, -0.05) is 146 Å². The van der Waals surface area contributed by atoms with Crippen LogP contribution in [0.4, 0.5) is 0 Å². The van der Waals surface area contributed by atoms with Gasteiger partial charge in [-0.3, -0.25) is 0 Å². The van der Waals surface area contributed by atoms with Crippen LogP contribution in [0.2, 0.25) is 0 Å². The highest BCUT2D eigenvalue weighted by Gasteiger charge is 2.16. The predicted octanol–water partition coefficient (Wildman–Crippen LogP) is 13.0. The maximum Gasteiger partial charge on any atom is 0.160 e. The molecule has 0 amide bonds. The SMILES string of the molecule is c1ccc(-c2nc(-c3ccc(-c4cccc5c4ccc4cc6ccccc6cc45)cc3)cc(-c3cccc4c3sc3ccccc34)n2)cc1. The normalized spacial score (nSPS) is 11.7. The molecule has 0 aliphatic rings. The molecular formula is C46H28N2S. The second-order valence-electron chi connectivity index (χ2n) is 12.6. The Morgan fingerprint density at radius 3 is 1.88 bits per heavy atom. The maximum absolute atomic E-state index is 5.16. The number of hydrogen-bond acceptors (Lipinski definition) is 3. The lowest BCUT2D eigenvalue weighted by molar-refractivity contribution is 1.19. The van der Waals surface area contributed by atoms with Gasteiger partial charge in [-0.25, -0.2) is 9.97 Å². The van der Waals surface area contributed by atoms with Crippen molar-refractivity contribution in [3.63, 3.8) is 0 Å². The summed E-state index contributed by atoms with van der Waals surface area (Å²) in [5.74, 6) is 0.726. The number of rotatable bonds is 4. The van der Waals surface area contributed by atoms with Crippen LogP contribution in [0.15, 0.2) is 170 Å². The number of thiophene rings is 1. The average Bonchev–Trinajstić information content (AvgIpc) is 3.56. The number of nitrogens with zero attached hydrogens (tertiary/aromatic N) is 2. The molecule has 0 unspecified atom stereocenters. The van der Waals surface area contributed by atoms with E-state index in [1.54, 1.807) is 0 Å². The first-order valence-corrected chi connectivity index (χ1v) is 17.4. The van der Waals surface area contributed by atoms with Crippen LogP contribution < -0.4 is 0 Å². The first-order chi connectivity index (χ1) is 24.3. The largest absolute Gasteiger partial charge is 0.228 e. The third-order valence-electron chi connectivity index (χ3n) is 9.67. The molecule has 0 saturated carbocycles. The van der Waals surface area contributed by atoms with E-state index in [9.17, 15) is 0 Å². The first-order valence-electron chi connectivity index (χ1n) is 16.6. The molecular weight excluding hydrogens is 613 g/mol. The van der Waals surface area contributed by atoms with Crippen molar-refractivity contribution in [2.24, 2.45) is 0 Å². The van der Waals surface area contributed by atoms with Gasteiger partial charge in [0.1, 0.15) is 0 Å². The summed E-state index contributed by atoms with van der Waals surface area (Å²) >= 11 is 1.83. The topological polar surface area (TPSA) is 25.8 Å². The summed E-state index contributed by atoms with van der Waals surface area (Å²) in [5, 5.41) is 10.2. The first kappa shape index (κ1) is 27.9. The zero-order chi connectivity index (χ0) is 32.3. The molecule has 0 N–H and O–H groups in total. The lowest BCUT2D eigenvalue weighted by Crippen LogP contribution is -1.96. The van der Waals surface area contributed by atoms with E-state index in [1.807, 2.05) is 29.5 Å². The van der Waals surface area contributed by atoms with Crippen molar-refractivity contribution in [3.05, 3.63) is 170 Å². The van der Waals surface area contributed by atoms with Crippen molar-refractivity contribution in [3.8, 4) is 45.0 Å². The average molecular weight is 641 g/mol. The van der Waals surface area contributed by atoms with Gasteiger partial charge in [0.05, 0.1) is 11.4 Å². The molecule has 2 nitrogen and oxygen atoms in total. The van der Waals surface area contributed by atoms with Crippen LogP contribution in [0.25, 0.3) is 97.5 Å². The molecule has 49 heavy (non-hydrogen) atoms. The Bertz CT molecular complexity index is 2870. The molecule has 0 bridgehead atoms. The third-order valence-corrected chi connectivity index (χ3v) is 10.9. The van der Waals surface area contributed by atoms with E-state index in [0.717, 1.165) is 33.9 Å². The van der Waals surface area contributed by atoms with Crippen molar-refractivity contribution < 1.29 is 0 Å². The smallest absolute Gasteiger partial charge is 0.160 e. The Kier molecular flexibility index (Phi) is 6.39.